The third-order valence-corrected chi connectivity index (χ3v) is 6.02. The van der Waals surface area contributed by atoms with Gasteiger partial charge in [0.15, 0.2) is 11.6 Å². The first-order valence-electron chi connectivity index (χ1n) is 8.68. The van der Waals surface area contributed by atoms with Crippen molar-refractivity contribution in [1.29, 1.82) is 0 Å². The lowest BCUT2D eigenvalue weighted by Crippen LogP contribution is -2.27. The van der Waals surface area contributed by atoms with E-state index in [-0.39, 0.29) is 24.7 Å². The van der Waals surface area contributed by atoms with Crippen molar-refractivity contribution in [3.8, 4) is 5.75 Å². The molecule has 1 aliphatic heterocycles. The summed E-state index contributed by atoms with van der Waals surface area (Å²) in [5, 5.41) is 1.96. The van der Waals surface area contributed by atoms with Crippen molar-refractivity contribution in [2.45, 2.75) is 23.8 Å². The van der Waals surface area contributed by atoms with E-state index in [0.29, 0.717) is 21.8 Å². The molecule has 2 aromatic rings. The Bertz CT molecular complexity index is 908. The fraction of sp³-hybridized carbons (Fsp3) is 0.300. The van der Waals surface area contributed by atoms with Gasteiger partial charge in [-0.3, -0.25) is 9.59 Å². The largest absolute Gasteiger partial charge is 0.494 e. The minimum Gasteiger partial charge on any atom is -0.494 e. The van der Waals surface area contributed by atoms with Crippen molar-refractivity contribution in [2.75, 3.05) is 19.0 Å². The highest BCUT2D eigenvalue weighted by Gasteiger charge is 2.35. The monoisotopic (exact) mass is 423 g/mol. The molecule has 148 valence electrons. The minimum atomic E-state index is -0.749. The second-order valence-corrected chi connectivity index (χ2v) is 7.85. The first-order chi connectivity index (χ1) is 13.4. The summed E-state index contributed by atoms with van der Waals surface area (Å²) in [5.41, 5.74) is 1.53. The zero-order valence-electron chi connectivity index (χ0n) is 15.3. The number of carbonyl (C=O) groups excluding carboxylic acids is 2. The number of esters is 1. The predicted octanol–water partition coefficient (Wildman–Crippen LogP) is 4.58. The molecule has 2 aromatic carbocycles. The average Bonchev–Trinajstić information content (AvgIpc) is 2.79. The van der Waals surface area contributed by atoms with Gasteiger partial charge in [-0.2, -0.15) is 0 Å². The van der Waals surface area contributed by atoms with Gasteiger partial charge in [0, 0.05) is 16.3 Å². The Morgan fingerprint density at radius 3 is 2.79 bits per heavy atom. The number of hydrogen-bond donors (Lipinski definition) is 1. The van der Waals surface area contributed by atoms with E-state index in [9.17, 15) is 9.59 Å². The van der Waals surface area contributed by atoms with Crippen LogP contribution in [-0.4, -0.2) is 30.8 Å². The molecule has 28 heavy (non-hydrogen) atoms. The first-order valence-corrected chi connectivity index (χ1v) is 10.0. The van der Waals surface area contributed by atoms with Crippen molar-refractivity contribution < 1.29 is 23.5 Å². The van der Waals surface area contributed by atoms with E-state index in [1.54, 1.807) is 37.3 Å². The molecule has 0 saturated heterocycles. The molecule has 5 nitrogen and oxygen atoms in total. The fourth-order valence-corrected chi connectivity index (χ4v) is 4.61. The maximum atomic E-state index is 15.0. The third-order valence-electron chi connectivity index (χ3n) is 4.30. The number of benzene rings is 2. The summed E-state index contributed by atoms with van der Waals surface area (Å²) in [4.78, 5) is 24.7. The summed E-state index contributed by atoms with van der Waals surface area (Å²) in [6.07, 6.45) is -0.117. The Morgan fingerprint density at radius 1 is 1.29 bits per heavy atom. The lowest BCUT2D eigenvalue weighted by molar-refractivity contribution is -0.143. The zero-order valence-corrected chi connectivity index (χ0v) is 16.9. The van der Waals surface area contributed by atoms with Crippen LogP contribution >= 0.6 is 23.4 Å². The third kappa shape index (κ3) is 4.25. The van der Waals surface area contributed by atoms with Crippen LogP contribution < -0.4 is 10.1 Å². The number of carbonyl (C=O) groups is 2. The topological polar surface area (TPSA) is 64.6 Å². The van der Waals surface area contributed by atoms with Gasteiger partial charge in [-0.05, 0) is 36.8 Å². The number of halogens is 2. The molecule has 3 rings (SSSR count). The molecule has 1 N–H and O–H groups in total. The predicted molar refractivity (Wildman–Crippen MR) is 108 cm³/mol. The number of anilines is 1. The SMILES string of the molecule is CCOC(=O)C[C@H]1S[C@H](c2cccc(OC)c2F)c2cc(Cl)ccc2NC1=O. The average molecular weight is 424 g/mol. The van der Waals surface area contributed by atoms with E-state index < -0.39 is 22.3 Å². The van der Waals surface area contributed by atoms with E-state index in [4.69, 9.17) is 21.1 Å². The number of fused-ring (bicyclic) bond motifs is 1. The summed E-state index contributed by atoms with van der Waals surface area (Å²) in [5.74, 6) is -1.23. The lowest BCUT2D eigenvalue weighted by atomic mass is 10.0. The summed E-state index contributed by atoms with van der Waals surface area (Å²) in [7, 11) is 1.39. The summed E-state index contributed by atoms with van der Waals surface area (Å²) in [6, 6.07) is 9.86. The van der Waals surface area contributed by atoms with Gasteiger partial charge in [-0.15, -0.1) is 11.8 Å². The standard InChI is InChI=1S/C20H19ClFNO4S/c1-3-27-17(24)10-16-20(25)23-14-8-7-11(21)9-13(14)19(28-16)12-5-4-6-15(26-2)18(12)22/h4-9,16,19H,3,10H2,1-2H3,(H,23,25)/t16-,19-/m1/s1. The smallest absolute Gasteiger partial charge is 0.307 e. The molecule has 1 amide bonds. The van der Waals surface area contributed by atoms with E-state index in [2.05, 4.69) is 5.32 Å². The fourth-order valence-electron chi connectivity index (χ4n) is 3.02. The van der Waals surface area contributed by atoms with Crippen molar-refractivity contribution >= 4 is 40.9 Å². The van der Waals surface area contributed by atoms with Crippen LogP contribution in [0.4, 0.5) is 10.1 Å². The number of nitrogens with one attached hydrogen (secondary N) is 1. The second-order valence-electron chi connectivity index (χ2n) is 6.10. The van der Waals surface area contributed by atoms with Crippen LogP contribution in [0.25, 0.3) is 0 Å². The number of methoxy groups -OCH3 is 1. The van der Waals surface area contributed by atoms with Gasteiger partial charge in [0.25, 0.3) is 0 Å². The highest BCUT2D eigenvalue weighted by Crippen LogP contribution is 2.47. The number of thioether (sulfide) groups is 1. The molecular formula is C20H19ClFNO4S. The van der Waals surface area contributed by atoms with Gasteiger partial charge < -0.3 is 14.8 Å². The summed E-state index contributed by atoms with van der Waals surface area (Å²) >= 11 is 7.35. The molecule has 0 radical (unpaired) electrons. The second kappa shape index (κ2) is 8.84. The molecule has 2 atom stereocenters. The molecular weight excluding hydrogens is 405 g/mol. The Kier molecular flexibility index (Phi) is 6.46. The van der Waals surface area contributed by atoms with E-state index in [1.807, 2.05) is 0 Å². The van der Waals surface area contributed by atoms with Crippen molar-refractivity contribution in [3.05, 3.63) is 58.4 Å². The maximum absolute atomic E-state index is 15.0. The van der Waals surface area contributed by atoms with Crippen LogP contribution in [0.2, 0.25) is 5.02 Å². The quantitative estimate of drug-likeness (QED) is 0.713. The molecule has 0 aromatic heterocycles. The number of rotatable bonds is 5. The molecule has 0 bridgehead atoms. The van der Waals surface area contributed by atoms with Gasteiger partial charge in [0.05, 0.1) is 30.6 Å². The molecule has 8 heteroatoms. The Labute approximate surface area is 171 Å². The molecule has 0 spiro atoms. The number of hydrogen-bond acceptors (Lipinski definition) is 5. The first kappa shape index (κ1) is 20.5. The zero-order chi connectivity index (χ0) is 20.3. The highest BCUT2D eigenvalue weighted by atomic mass is 35.5. The van der Waals surface area contributed by atoms with Crippen LogP contribution in [0.15, 0.2) is 36.4 Å². The van der Waals surface area contributed by atoms with Crippen molar-refractivity contribution in [1.82, 2.24) is 0 Å². The molecule has 1 heterocycles. The Hall–Kier alpha value is -2.25. The van der Waals surface area contributed by atoms with Crippen LogP contribution in [-0.2, 0) is 14.3 Å². The van der Waals surface area contributed by atoms with Crippen molar-refractivity contribution in [2.24, 2.45) is 0 Å². The van der Waals surface area contributed by atoms with Gasteiger partial charge >= 0.3 is 5.97 Å². The van der Waals surface area contributed by atoms with Crippen LogP contribution in [0, 0.1) is 5.82 Å². The normalized spacial score (nSPS) is 18.6. The minimum absolute atomic E-state index is 0.104. The van der Waals surface area contributed by atoms with E-state index in [0.717, 1.165) is 0 Å². The van der Waals surface area contributed by atoms with E-state index >= 15 is 4.39 Å². The summed E-state index contributed by atoms with van der Waals surface area (Å²) < 4.78 is 25.1. The highest BCUT2D eigenvalue weighted by molar-refractivity contribution is 8.01. The Balaban J connectivity index is 2.08. The van der Waals surface area contributed by atoms with Crippen LogP contribution in [0.5, 0.6) is 5.75 Å². The van der Waals surface area contributed by atoms with Crippen molar-refractivity contribution in [3.63, 3.8) is 0 Å². The maximum Gasteiger partial charge on any atom is 0.307 e. The van der Waals surface area contributed by atoms with E-state index in [1.165, 1.54) is 24.9 Å². The van der Waals surface area contributed by atoms with Crippen LogP contribution in [0.3, 0.4) is 0 Å². The van der Waals surface area contributed by atoms with Gasteiger partial charge in [-0.1, -0.05) is 23.7 Å². The number of amides is 1. The van der Waals surface area contributed by atoms with Gasteiger partial charge in [0.1, 0.15) is 0 Å². The number of ether oxygens (including phenoxy) is 2. The molecule has 0 unspecified atom stereocenters. The summed E-state index contributed by atoms with van der Waals surface area (Å²) in [6.45, 7) is 1.92. The van der Waals surface area contributed by atoms with Gasteiger partial charge in [-0.25, -0.2) is 4.39 Å². The molecule has 0 aliphatic carbocycles. The Morgan fingerprint density at radius 2 is 2.07 bits per heavy atom. The molecule has 0 fully saturated rings. The molecule has 0 saturated carbocycles. The lowest BCUT2D eigenvalue weighted by Gasteiger charge is -2.21. The van der Waals surface area contributed by atoms with Crippen LogP contribution in [0.1, 0.15) is 29.7 Å². The molecule has 1 aliphatic rings. The van der Waals surface area contributed by atoms with Gasteiger partial charge in [0.2, 0.25) is 5.91 Å².